The maximum atomic E-state index is 12.9. The van der Waals surface area contributed by atoms with Gasteiger partial charge in [0.2, 0.25) is 0 Å². The highest BCUT2D eigenvalue weighted by Crippen LogP contribution is 2.23. The number of nitrogens with zero attached hydrogens (tertiary/aromatic N) is 1. The largest absolute Gasteiger partial charge is 0.254 e. The number of hydrogen-bond donors (Lipinski definition) is 0. The second-order valence-electron chi connectivity index (χ2n) is 2.80. The Morgan fingerprint density at radius 3 is 2.71 bits per heavy atom. The number of halogens is 2. The molecule has 0 N–H and O–H groups in total. The summed E-state index contributed by atoms with van der Waals surface area (Å²) < 4.78 is 12.9. The van der Waals surface area contributed by atoms with Crippen LogP contribution in [-0.2, 0) is 0 Å². The molecule has 0 unspecified atom stereocenters. The van der Waals surface area contributed by atoms with E-state index in [0.717, 1.165) is 11.1 Å². The quantitative estimate of drug-likeness (QED) is 0.698. The van der Waals surface area contributed by atoms with Gasteiger partial charge in [0, 0.05) is 11.8 Å². The second-order valence-corrected chi connectivity index (χ2v) is 3.21. The van der Waals surface area contributed by atoms with Gasteiger partial charge < -0.3 is 0 Å². The average molecular weight is 207 g/mol. The smallest absolute Gasteiger partial charge is 0.141 e. The summed E-state index contributed by atoms with van der Waals surface area (Å²) in [7, 11) is 0. The Labute approximate surface area is 86.2 Å². The number of pyridine rings is 1. The van der Waals surface area contributed by atoms with Crippen LogP contribution in [0, 0.1) is 12.0 Å². The van der Waals surface area contributed by atoms with Crippen molar-refractivity contribution in [2.75, 3.05) is 0 Å². The molecule has 3 heteroatoms. The highest BCUT2D eigenvalue weighted by atomic mass is 35.5. The number of aromatic nitrogens is 1. The molecule has 0 aliphatic carbocycles. The third kappa shape index (κ3) is 1.75. The topological polar surface area (TPSA) is 12.9 Å². The molecule has 2 aromatic rings. The van der Waals surface area contributed by atoms with Crippen molar-refractivity contribution in [1.82, 2.24) is 4.98 Å². The molecule has 14 heavy (non-hydrogen) atoms. The fourth-order valence-corrected chi connectivity index (χ4v) is 1.35. The Bertz CT molecular complexity index is 442. The van der Waals surface area contributed by atoms with E-state index in [1.807, 2.05) is 6.07 Å². The van der Waals surface area contributed by atoms with Gasteiger partial charge in [-0.2, -0.15) is 0 Å². The molecule has 1 radical (unpaired) electrons. The van der Waals surface area contributed by atoms with E-state index in [-0.39, 0.29) is 5.02 Å². The van der Waals surface area contributed by atoms with E-state index < -0.39 is 5.82 Å². The molecule has 0 aliphatic heterocycles. The lowest BCUT2D eigenvalue weighted by Crippen LogP contribution is -1.81. The van der Waals surface area contributed by atoms with Crippen LogP contribution in [-0.4, -0.2) is 4.98 Å². The van der Waals surface area contributed by atoms with E-state index in [4.69, 9.17) is 11.6 Å². The van der Waals surface area contributed by atoms with Crippen molar-refractivity contribution in [3.05, 3.63) is 53.6 Å². The van der Waals surface area contributed by atoms with E-state index in [1.165, 1.54) is 6.07 Å². The molecule has 0 bridgehead atoms. The summed E-state index contributed by atoms with van der Waals surface area (Å²) >= 11 is 5.66. The van der Waals surface area contributed by atoms with Gasteiger partial charge in [0.1, 0.15) is 5.82 Å². The molecular weight excluding hydrogens is 201 g/mol. The van der Waals surface area contributed by atoms with Crippen LogP contribution in [0.3, 0.4) is 0 Å². The van der Waals surface area contributed by atoms with Crippen molar-refractivity contribution >= 4 is 11.6 Å². The molecular formula is C11H6ClFN. The molecule has 0 saturated heterocycles. The third-order valence-corrected chi connectivity index (χ3v) is 2.16. The van der Waals surface area contributed by atoms with Crippen molar-refractivity contribution in [2.45, 2.75) is 0 Å². The maximum Gasteiger partial charge on any atom is 0.141 e. The second kappa shape index (κ2) is 3.76. The molecule has 1 aromatic carbocycles. The molecule has 0 fully saturated rings. The van der Waals surface area contributed by atoms with Gasteiger partial charge in [0.15, 0.2) is 0 Å². The zero-order valence-electron chi connectivity index (χ0n) is 7.17. The van der Waals surface area contributed by atoms with Crippen LogP contribution in [0.1, 0.15) is 0 Å². The first-order valence-corrected chi connectivity index (χ1v) is 4.43. The minimum Gasteiger partial charge on any atom is -0.254 e. The van der Waals surface area contributed by atoms with Gasteiger partial charge in [-0.25, -0.2) is 4.39 Å². The van der Waals surface area contributed by atoms with E-state index in [1.54, 1.807) is 24.4 Å². The summed E-state index contributed by atoms with van der Waals surface area (Å²) in [6, 6.07) is 8.13. The minimum atomic E-state index is -0.411. The first kappa shape index (κ1) is 9.16. The summed E-state index contributed by atoms with van der Waals surface area (Å²) in [6.07, 6.45) is 4.33. The van der Waals surface area contributed by atoms with Crippen LogP contribution in [0.25, 0.3) is 11.1 Å². The highest BCUT2D eigenvalue weighted by Gasteiger charge is 2.02. The monoisotopic (exact) mass is 206 g/mol. The number of rotatable bonds is 1. The van der Waals surface area contributed by atoms with E-state index in [0.29, 0.717) is 0 Å². The average Bonchev–Trinajstić information content (AvgIpc) is 2.23. The van der Waals surface area contributed by atoms with Gasteiger partial charge in [-0.05, 0) is 23.8 Å². The summed E-state index contributed by atoms with van der Waals surface area (Å²) in [4.78, 5) is 3.85. The predicted octanol–water partition coefficient (Wildman–Crippen LogP) is 3.34. The molecule has 69 valence electrons. The Morgan fingerprint density at radius 1 is 1.21 bits per heavy atom. The first-order valence-electron chi connectivity index (χ1n) is 4.05. The number of benzene rings is 1. The van der Waals surface area contributed by atoms with Crippen molar-refractivity contribution in [3.8, 4) is 11.1 Å². The van der Waals surface area contributed by atoms with Gasteiger partial charge in [-0.1, -0.05) is 23.7 Å². The van der Waals surface area contributed by atoms with Crippen molar-refractivity contribution < 1.29 is 4.39 Å². The van der Waals surface area contributed by atoms with Crippen molar-refractivity contribution in [3.63, 3.8) is 0 Å². The molecule has 0 amide bonds. The predicted molar refractivity (Wildman–Crippen MR) is 53.5 cm³/mol. The summed E-state index contributed by atoms with van der Waals surface area (Å²) in [5.74, 6) is -0.411. The van der Waals surface area contributed by atoms with Crippen LogP contribution in [0.2, 0.25) is 5.02 Å². The Balaban J connectivity index is 2.48. The van der Waals surface area contributed by atoms with Crippen molar-refractivity contribution in [1.29, 1.82) is 0 Å². The van der Waals surface area contributed by atoms with Crippen LogP contribution in [0.15, 0.2) is 36.5 Å². The van der Waals surface area contributed by atoms with Gasteiger partial charge >= 0.3 is 0 Å². The van der Waals surface area contributed by atoms with Crippen LogP contribution in [0.5, 0.6) is 0 Å². The normalized spacial score (nSPS) is 10.1. The highest BCUT2D eigenvalue weighted by molar-refractivity contribution is 6.31. The summed E-state index contributed by atoms with van der Waals surface area (Å²) in [6.45, 7) is 0. The van der Waals surface area contributed by atoms with Gasteiger partial charge in [0.25, 0.3) is 0 Å². The molecule has 1 nitrogen and oxygen atoms in total. The van der Waals surface area contributed by atoms with E-state index in [2.05, 4.69) is 11.2 Å². The van der Waals surface area contributed by atoms with Gasteiger partial charge in [-0.3, -0.25) is 4.98 Å². The molecule has 0 saturated carbocycles. The molecule has 0 aliphatic rings. The third-order valence-electron chi connectivity index (χ3n) is 1.87. The number of hydrogen-bond acceptors (Lipinski definition) is 1. The Hall–Kier alpha value is -1.41. The first-order chi connectivity index (χ1) is 6.77. The molecule has 1 aromatic heterocycles. The van der Waals surface area contributed by atoms with Gasteiger partial charge in [0.05, 0.1) is 11.2 Å². The SMILES string of the molecule is Fc1ccc(-c2cc[c]nc2)cc1Cl. The molecule has 0 atom stereocenters. The fourth-order valence-electron chi connectivity index (χ4n) is 1.17. The molecule has 2 rings (SSSR count). The zero-order valence-corrected chi connectivity index (χ0v) is 7.92. The summed E-state index contributed by atoms with van der Waals surface area (Å²) in [5, 5.41) is 0.121. The fraction of sp³-hybridized carbons (Fsp3) is 0. The zero-order chi connectivity index (χ0) is 9.97. The van der Waals surface area contributed by atoms with Crippen LogP contribution < -0.4 is 0 Å². The molecule has 1 heterocycles. The summed E-state index contributed by atoms with van der Waals surface area (Å²) in [5.41, 5.74) is 1.74. The van der Waals surface area contributed by atoms with Crippen LogP contribution in [0.4, 0.5) is 4.39 Å². The van der Waals surface area contributed by atoms with E-state index in [9.17, 15) is 4.39 Å². The lowest BCUT2D eigenvalue weighted by Gasteiger charge is -2.01. The van der Waals surface area contributed by atoms with Crippen molar-refractivity contribution in [2.24, 2.45) is 0 Å². The minimum absolute atomic E-state index is 0.121. The Morgan fingerprint density at radius 2 is 2.07 bits per heavy atom. The Kier molecular flexibility index (Phi) is 2.46. The molecule has 0 spiro atoms. The van der Waals surface area contributed by atoms with Crippen LogP contribution >= 0.6 is 11.6 Å². The van der Waals surface area contributed by atoms with Gasteiger partial charge in [-0.15, -0.1) is 0 Å². The lowest BCUT2D eigenvalue weighted by atomic mass is 10.1. The standard InChI is InChI=1S/C11H6ClFN/c12-10-6-8(3-4-11(10)13)9-2-1-5-14-7-9/h1-4,6-7H. The van der Waals surface area contributed by atoms with E-state index >= 15 is 0 Å². The maximum absolute atomic E-state index is 12.9. The lowest BCUT2D eigenvalue weighted by molar-refractivity contribution is 0.628.